The quantitative estimate of drug-likeness (QED) is 0.885. The highest BCUT2D eigenvalue weighted by molar-refractivity contribution is 5.94. The number of ether oxygens (including phenoxy) is 2. The number of rotatable bonds is 4. The molecule has 0 aliphatic carbocycles. The maximum atomic E-state index is 12.0. The molecule has 3 N–H and O–H groups in total. The Bertz CT molecular complexity index is 474. The zero-order valence-electron chi connectivity index (χ0n) is 12.0. The fourth-order valence-electron chi connectivity index (χ4n) is 2.09. The van der Waals surface area contributed by atoms with Gasteiger partial charge >= 0.3 is 0 Å². The number of fused-ring (bicyclic) bond motifs is 1. The van der Waals surface area contributed by atoms with Crippen LogP contribution in [-0.4, -0.2) is 25.2 Å². The van der Waals surface area contributed by atoms with Crippen LogP contribution in [0.3, 0.4) is 0 Å². The van der Waals surface area contributed by atoms with Gasteiger partial charge in [0.25, 0.3) is 0 Å². The second-order valence-corrected chi connectivity index (χ2v) is 5.44. The topological polar surface area (TPSA) is 73.6 Å². The van der Waals surface area contributed by atoms with Gasteiger partial charge in [-0.25, -0.2) is 0 Å². The number of nitrogens with two attached hydrogens (primary N) is 1. The van der Waals surface area contributed by atoms with Crippen molar-refractivity contribution >= 4 is 11.6 Å². The molecule has 110 valence electrons. The van der Waals surface area contributed by atoms with Gasteiger partial charge in [0.1, 0.15) is 0 Å². The SMILES string of the molecule is CC(C)CC(N)C(=O)Nc1ccc2c(c1)OCCCO2. The fourth-order valence-corrected chi connectivity index (χ4v) is 2.09. The van der Waals surface area contributed by atoms with Gasteiger partial charge in [-0.3, -0.25) is 4.79 Å². The summed E-state index contributed by atoms with van der Waals surface area (Å²) in [5.41, 5.74) is 6.54. The Morgan fingerprint density at radius 3 is 2.70 bits per heavy atom. The summed E-state index contributed by atoms with van der Waals surface area (Å²) in [5.74, 6) is 1.59. The molecule has 0 saturated carbocycles. The van der Waals surface area contributed by atoms with E-state index in [0.29, 0.717) is 42.7 Å². The Labute approximate surface area is 119 Å². The Hall–Kier alpha value is -1.75. The molecule has 20 heavy (non-hydrogen) atoms. The molecular formula is C15H22N2O3. The molecule has 5 nitrogen and oxygen atoms in total. The number of hydrogen-bond acceptors (Lipinski definition) is 4. The summed E-state index contributed by atoms with van der Waals surface area (Å²) >= 11 is 0. The number of amides is 1. The van der Waals surface area contributed by atoms with Crippen molar-refractivity contribution in [2.24, 2.45) is 11.7 Å². The number of carbonyl (C=O) groups is 1. The highest BCUT2D eigenvalue weighted by Crippen LogP contribution is 2.32. The first-order valence-electron chi connectivity index (χ1n) is 7.02. The third-order valence-corrected chi connectivity index (χ3v) is 3.08. The van der Waals surface area contributed by atoms with Crippen LogP contribution in [0, 0.1) is 5.92 Å². The average molecular weight is 278 g/mol. The second-order valence-electron chi connectivity index (χ2n) is 5.44. The van der Waals surface area contributed by atoms with Crippen LogP contribution in [0.4, 0.5) is 5.69 Å². The van der Waals surface area contributed by atoms with Crippen LogP contribution < -0.4 is 20.5 Å². The van der Waals surface area contributed by atoms with E-state index < -0.39 is 6.04 Å². The van der Waals surface area contributed by atoms with E-state index >= 15 is 0 Å². The molecule has 1 heterocycles. The monoisotopic (exact) mass is 278 g/mol. The summed E-state index contributed by atoms with van der Waals surface area (Å²) < 4.78 is 11.1. The molecule has 0 radical (unpaired) electrons. The first kappa shape index (κ1) is 14.7. The molecule has 1 aliphatic rings. The van der Waals surface area contributed by atoms with E-state index in [9.17, 15) is 4.79 Å². The molecule has 0 aromatic heterocycles. The molecule has 1 aromatic carbocycles. The highest BCUT2D eigenvalue weighted by Gasteiger charge is 2.16. The molecule has 0 spiro atoms. The van der Waals surface area contributed by atoms with Gasteiger partial charge in [-0.05, 0) is 24.5 Å². The first-order chi connectivity index (χ1) is 9.56. The lowest BCUT2D eigenvalue weighted by molar-refractivity contribution is -0.117. The van der Waals surface area contributed by atoms with Gasteiger partial charge < -0.3 is 20.5 Å². The minimum atomic E-state index is -0.494. The van der Waals surface area contributed by atoms with Gasteiger partial charge in [0.05, 0.1) is 19.3 Å². The number of hydrogen-bond donors (Lipinski definition) is 2. The number of carbonyl (C=O) groups excluding carboxylic acids is 1. The predicted octanol–water partition coefficient (Wildman–Crippen LogP) is 2.16. The van der Waals surface area contributed by atoms with Gasteiger partial charge in [-0.15, -0.1) is 0 Å². The number of nitrogens with one attached hydrogen (secondary N) is 1. The van der Waals surface area contributed by atoms with E-state index in [2.05, 4.69) is 5.32 Å². The largest absolute Gasteiger partial charge is 0.490 e. The molecule has 1 atom stereocenters. The zero-order valence-corrected chi connectivity index (χ0v) is 12.0. The Morgan fingerprint density at radius 2 is 2.00 bits per heavy atom. The van der Waals surface area contributed by atoms with Crippen molar-refractivity contribution in [2.45, 2.75) is 32.7 Å². The normalized spacial score (nSPS) is 15.6. The average Bonchev–Trinajstić information content (AvgIpc) is 2.62. The van der Waals surface area contributed by atoms with E-state index in [1.807, 2.05) is 19.9 Å². The first-order valence-corrected chi connectivity index (χ1v) is 7.02. The fraction of sp³-hybridized carbons (Fsp3) is 0.533. The van der Waals surface area contributed by atoms with Crippen molar-refractivity contribution in [3.63, 3.8) is 0 Å². The highest BCUT2D eigenvalue weighted by atomic mass is 16.5. The van der Waals surface area contributed by atoms with Crippen LogP contribution in [0.15, 0.2) is 18.2 Å². The van der Waals surface area contributed by atoms with E-state index in [1.165, 1.54) is 0 Å². The van der Waals surface area contributed by atoms with Gasteiger partial charge in [-0.1, -0.05) is 13.8 Å². The number of benzene rings is 1. The lowest BCUT2D eigenvalue weighted by Crippen LogP contribution is -2.36. The van der Waals surface area contributed by atoms with Crippen molar-refractivity contribution in [1.82, 2.24) is 0 Å². The van der Waals surface area contributed by atoms with Gasteiger partial charge in [-0.2, -0.15) is 0 Å². The maximum absolute atomic E-state index is 12.0. The summed E-state index contributed by atoms with van der Waals surface area (Å²) in [5, 5.41) is 2.82. The lowest BCUT2D eigenvalue weighted by atomic mass is 10.0. The zero-order chi connectivity index (χ0) is 14.5. The Kier molecular flexibility index (Phi) is 4.84. The van der Waals surface area contributed by atoms with Crippen molar-refractivity contribution in [3.8, 4) is 11.5 Å². The smallest absolute Gasteiger partial charge is 0.241 e. The number of anilines is 1. The molecule has 1 aromatic rings. The van der Waals surface area contributed by atoms with Crippen molar-refractivity contribution in [1.29, 1.82) is 0 Å². The summed E-state index contributed by atoms with van der Waals surface area (Å²) in [6.07, 6.45) is 1.52. The van der Waals surface area contributed by atoms with Crippen LogP contribution in [0.1, 0.15) is 26.7 Å². The molecule has 1 amide bonds. The van der Waals surface area contributed by atoms with E-state index in [0.717, 1.165) is 6.42 Å². The summed E-state index contributed by atoms with van der Waals surface area (Å²) in [6, 6.07) is 4.89. The third-order valence-electron chi connectivity index (χ3n) is 3.08. The molecule has 1 aliphatic heterocycles. The van der Waals surface area contributed by atoms with E-state index in [4.69, 9.17) is 15.2 Å². The molecule has 2 rings (SSSR count). The van der Waals surface area contributed by atoms with Crippen molar-refractivity contribution in [2.75, 3.05) is 18.5 Å². The lowest BCUT2D eigenvalue weighted by Gasteiger charge is -2.15. The Morgan fingerprint density at radius 1 is 1.30 bits per heavy atom. The summed E-state index contributed by atoms with van der Waals surface area (Å²) in [7, 11) is 0. The van der Waals surface area contributed by atoms with Gasteiger partial charge in [0, 0.05) is 18.2 Å². The van der Waals surface area contributed by atoms with E-state index in [-0.39, 0.29) is 5.91 Å². The van der Waals surface area contributed by atoms with Crippen LogP contribution in [0.2, 0.25) is 0 Å². The van der Waals surface area contributed by atoms with Crippen LogP contribution in [0.5, 0.6) is 11.5 Å². The Balaban J connectivity index is 2.03. The molecule has 0 bridgehead atoms. The second kappa shape index (κ2) is 6.61. The van der Waals surface area contributed by atoms with Gasteiger partial charge in [0.15, 0.2) is 11.5 Å². The summed E-state index contributed by atoms with van der Waals surface area (Å²) in [6.45, 7) is 5.36. The molecule has 0 saturated heterocycles. The molecule has 0 fully saturated rings. The van der Waals surface area contributed by atoms with E-state index in [1.54, 1.807) is 12.1 Å². The third kappa shape index (κ3) is 3.87. The van der Waals surface area contributed by atoms with Crippen molar-refractivity contribution in [3.05, 3.63) is 18.2 Å². The van der Waals surface area contributed by atoms with Crippen LogP contribution >= 0.6 is 0 Å². The minimum absolute atomic E-state index is 0.173. The summed E-state index contributed by atoms with van der Waals surface area (Å²) in [4.78, 5) is 12.0. The van der Waals surface area contributed by atoms with Crippen LogP contribution in [0.25, 0.3) is 0 Å². The molecule has 5 heteroatoms. The molecular weight excluding hydrogens is 256 g/mol. The maximum Gasteiger partial charge on any atom is 0.241 e. The minimum Gasteiger partial charge on any atom is -0.490 e. The van der Waals surface area contributed by atoms with Gasteiger partial charge in [0.2, 0.25) is 5.91 Å². The standard InChI is InChI=1S/C15H22N2O3/c1-10(2)8-12(16)15(18)17-11-4-5-13-14(9-11)20-7-3-6-19-13/h4-5,9-10,12H,3,6-8,16H2,1-2H3,(H,17,18). The van der Waals surface area contributed by atoms with Crippen LogP contribution in [-0.2, 0) is 4.79 Å². The van der Waals surface area contributed by atoms with Crippen molar-refractivity contribution < 1.29 is 14.3 Å². The molecule has 1 unspecified atom stereocenters. The predicted molar refractivity (Wildman–Crippen MR) is 78.1 cm³/mol.